The van der Waals surface area contributed by atoms with Gasteiger partial charge in [-0.3, -0.25) is 14.5 Å². The van der Waals surface area contributed by atoms with Crippen molar-refractivity contribution in [1.29, 1.82) is 0 Å². The third kappa shape index (κ3) is 3.97. The normalized spacial score (nSPS) is 14.3. The lowest BCUT2D eigenvalue weighted by atomic mass is 10.0. The van der Waals surface area contributed by atoms with E-state index in [-0.39, 0.29) is 31.1 Å². The lowest BCUT2D eigenvalue weighted by molar-refractivity contribution is -0.00472. The van der Waals surface area contributed by atoms with E-state index in [1.54, 1.807) is 24.3 Å². The molecule has 0 aromatic heterocycles. The highest BCUT2D eigenvalue weighted by atomic mass is 16.5. The Labute approximate surface area is 169 Å². The minimum atomic E-state index is -0.993. The van der Waals surface area contributed by atoms with E-state index in [2.05, 4.69) is 0 Å². The SMILES string of the molecule is O=C1c2ccccc2C(=O)N1C[C@H](O)COC(c1ccccc1)c1ccccc1. The Morgan fingerprint density at radius 1 is 0.724 bits per heavy atom. The van der Waals surface area contributed by atoms with E-state index in [0.717, 1.165) is 16.0 Å². The van der Waals surface area contributed by atoms with Crippen molar-refractivity contribution in [3.63, 3.8) is 0 Å². The first-order valence-electron chi connectivity index (χ1n) is 9.50. The molecule has 0 radical (unpaired) electrons. The molecule has 0 aliphatic carbocycles. The molecule has 0 saturated carbocycles. The van der Waals surface area contributed by atoms with Crippen molar-refractivity contribution >= 4 is 11.8 Å². The number of ether oxygens (including phenoxy) is 1. The molecule has 0 fully saturated rings. The van der Waals surface area contributed by atoms with Crippen molar-refractivity contribution in [2.75, 3.05) is 13.2 Å². The van der Waals surface area contributed by atoms with Crippen molar-refractivity contribution < 1.29 is 19.4 Å². The van der Waals surface area contributed by atoms with E-state index in [1.807, 2.05) is 60.7 Å². The maximum absolute atomic E-state index is 12.5. The molecule has 0 unspecified atom stereocenters. The molecule has 1 heterocycles. The van der Waals surface area contributed by atoms with Crippen LogP contribution in [0.2, 0.25) is 0 Å². The van der Waals surface area contributed by atoms with Crippen LogP contribution in [0.3, 0.4) is 0 Å². The Hall–Kier alpha value is -3.28. The van der Waals surface area contributed by atoms with Crippen LogP contribution in [0.1, 0.15) is 37.9 Å². The second-order valence-electron chi connectivity index (χ2n) is 6.96. The van der Waals surface area contributed by atoms with E-state index >= 15 is 0 Å². The average molecular weight is 387 g/mol. The van der Waals surface area contributed by atoms with Gasteiger partial charge in [-0.1, -0.05) is 72.8 Å². The summed E-state index contributed by atoms with van der Waals surface area (Å²) in [5, 5.41) is 10.5. The Balaban J connectivity index is 1.45. The van der Waals surface area contributed by atoms with Gasteiger partial charge in [-0.25, -0.2) is 0 Å². The molecule has 5 heteroatoms. The number of carbonyl (C=O) groups is 2. The van der Waals surface area contributed by atoms with Gasteiger partial charge >= 0.3 is 0 Å². The number of imide groups is 1. The van der Waals surface area contributed by atoms with E-state index in [1.165, 1.54) is 0 Å². The molecule has 1 aliphatic heterocycles. The van der Waals surface area contributed by atoms with E-state index in [9.17, 15) is 14.7 Å². The third-order valence-corrected chi connectivity index (χ3v) is 4.93. The van der Waals surface area contributed by atoms with Gasteiger partial charge in [0.1, 0.15) is 6.10 Å². The number of nitrogens with zero attached hydrogens (tertiary/aromatic N) is 1. The van der Waals surface area contributed by atoms with E-state index in [0.29, 0.717) is 11.1 Å². The standard InChI is InChI=1S/C24H21NO4/c26-19(15-25-23(27)20-13-7-8-14-21(20)24(25)28)16-29-22(17-9-3-1-4-10-17)18-11-5-2-6-12-18/h1-14,19,22,26H,15-16H2/t19-/m0/s1. The smallest absolute Gasteiger partial charge is 0.261 e. The topological polar surface area (TPSA) is 66.8 Å². The van der Waals surface area contributed by atoms with Crippen LogP contribution in [0.25, 0.3) is 0 Å². The first-order valence-corrected chi connectivity index (χ1v) is 9.50. The zero-order valence-corrected chi connectivity index (χ0v) is 15.8. The summed E-state index contributed by atoms with van der Waals surface area (Å²) in [6, 6.07) is 26.2. The van der Waals surface area contributed by atoms with Gasteiger partial charge < -0.3 is 9.84 Å². The van der Waals surface area contributed by atoms with Crippen LogP contribution in [-0.4, -0.2) is 41.1 Å². The minimum absolute atomic E-state index is 0.0120. The van der Waals surface area contributed by atoms with Gasteiger partial charge in [-0.05, 0) is 23.3 Å². The van der Waals surface area contributed by atoms with Gasteiger partial charge in [-0.2, -0.15) is 0 Å². The molecular weight excluding hydrogens is 366 g/mol. The van der Waals surface area contributed by atoms with Crippen LogP contribution < -0.4 is 0 Å². The number of aliphatic hydroxyl groups is 1. The summed E-state index contributed by atoms with van der Waals surface area (Å²) < 4.78 is 6.03. The average Bonchev–Trinajstić information content (AvgIpc) is 3.00. The van der Waals surface area contributed by atoms with Gasteiger partial charge in [0.2, 0.25) is 0 Å². The number of carbonyl (C=O) groups excluding carboxylic acids is 2. The number of hydrogen-bond acceptors (Lipinski definition) is 4. The largest absolute Gasteiger partial charge is 0.389 e. The molecule has 5 nitrogen and oxygen atoms in total. The number of aliphatic hydroxyl groups excluding tert-OH is 1. The Kier molecular flexibility index (Phi) is 5.51. The molecular formula is C24H21NO4. The molecule has 0 saturated heterocycles. The first-order chi connectivity index (χ1) is 14.1. The monoisotopic (exact) mass is 387 g/mol. The maximum Gasteiger partial charge on any atom is 0.261 e. The second kappa shape index (κ2) is 8.39. The minimum Gasteiger partial charge on any atom is -0.389 e. The van der Waals surface area contributed by atoms with Crippen LogP contribution in [0.4, 0.5) is 0 Å². The zero-order valence-electron chi connectivity index (χ0n) is 15.8. The summed E-state index contributed by atoms with van der Waals surface area (Å²) in [6.07, 6.45) is -1.35. The van der Waals surface area contributed by atoms with Crippen molar-refractivity contribution in [2.45, 2.75) is 12.2 Å². The number of fused-ring (bicyclic) bond motifs is 1. The summed E-state index contributed by atoms with van der Waals surface area (Å²) >= 11 is 0. The molecule has 0 spiro atoms. The highest BCUT2D eigenvalue weighted by molar-refractivity contribution is 6.21. The lowest BCUT2D eigenvalue weighted by Crippen LogP contribution is -2.39. The van der Waals surface area contributed by atoms with Crippen molar-refractivity contribution in [1.82, 2.24) is 4.90 Å². The Morgan fingerprint density at radius 2 is 1.17 bits per heavy atom. The van der Waals surface area contributed by atoms with Gasteiger partial charge in [0, 0.05) is 0 Å². The quantitative estimate of drug-likeness (QED) is 0.631. The number of β-amino-alcohol motifs (C(OH)–C–C–N with tert-alkyl or cyclic N) is 1. The number of hydrogen-bond donors (Lipinski definition) is 1. The molecule has 1 N–H and O–H groups in total. The van der Waals surface area contributed by atoms with E-state index < -0.39 is 6.10 Å². The summed E-state index contributed by atoms with van der Waals surface area (Å²) in [5.41, 5.74) is 2.67. The summed E-state index contributed by atoms with van der Waals surface area (Å²) in [5.74, 6) is -0.764. The summed E-state index contributed by atoms with van der Waals surface area (Å²) in [7, 11) is 0. The highest BCUT2D eigenvalue weighted by Gasteiger charge is 2.36. The van der Waals surface area contributed by atoms with Crippen LogP contribution in [0, 0.1) is 0 Å². The molecule has 29 heavy (non-hydrogen) atoms. The molecule has 0 bridgehead atoms. The molecule has 3 aromatic rings. The maximum atomic E-state index is 12.5. The molecule has 3 aromatic carbocycles. The number of rotatable bonds is 7. The molecule has 4 rings (SSSR count). The molecule has 2 amide bonds. The van der Waals surface area contributed by atoms with Crippen molar-refractivity contribution in [2.24, 2.45) is 0 Å². The summed E-state index contributed by atoms with van der Waals surface area (Å²) in [4.78, 5) is 26.0. The van der Waals surface area contributed by atoms with Crippen LogP contribution >= 0.6 is 0 Å². The van der Waals surface area contributed by atoms with Crippen molar-refractivity contribution in [3.8, 4) is 0 Å². The Morgan fingerprint density at radius 3 is 1.66 bits per heavy atom. The Bertz CT molecular complexity index is 929. The number of benzene rings is 3. The predicted molar refractivity (Wildman–Crippen MR) is 108 cm³/mol. The fraction of sp³-hybridized carbons (Fsp3) is 0.167. The second-order valence-corrected chi connectivity index (χ2v) is 6.96. The lowest BCUT2D eigenvalue weighted by Gasteiger charge is -2.23. The fourth-order valence-electron chi connectivity index (χ4n) is 3.52. The first kappa shape index (κ1) is 19.1. The summed E-state index contributed by atoms with van der Waals surface area (Å²) in [6.45, 7) is -0.121. The predicted octanol–water partition coefficient (Wildman–Crippen LogP) is 3.45. The molecule has 146 valence electrons. The molecule has 1 aliphatic rings. The van der Waals surface area contributed by atoms with Gasteiger partial charge in [0.25, 0.3) is 11.8 Å². The van der Waals surface area contributed by atoms with Gasteiger partial charge in [-0.15, -0.1) is 0 Å². The van der Waals surface area contributed by atoms with Crippen LogP contribution in [-0.2, 0) is 4.74 Å². The van der Waals surface area contributed by atoms with Gasteiger partial charge in [0.15, 0.2) is 0 Å². The number of amides is 2. The van der Waals surface area contributed by atoms with Crippen molar-refractivity contribution in [3.05, 3.63) is 107 Å². The van der Waals surface area contributed by atoms with Crippen LogP contribution in [0.5, 0.6) is 0 Å². The molecule has 1 atom stereocenters. The zero-order chi connectivity index (χ0) is 20.2. The van der Waals surface area contributed by atoms with Crippen LogP contribution in [0.15, 0.2) is 84.9 Å². The van der Waals surface area contributed by atoms with Gasteiger partial charge in [0.05, 0.1) is 30.4 Å². The third-order valence-electron chi connectivity index (χ3n) is 4.93. The fourth-order valence-corrected chi connectivity index (χ4v) is 3.52. The van der Waals surface area contributed by atoms with E-state index in [4.69, 9.17) is 4.74 Å². The highest BCUT2D eigenvalue weighted by Crippen LogP contribution is 2.27.